The van der Waals surface area contributed by atoms with Gasteiger partial charge in [0.2, 0.25) is 0 Å². The molecule has 0 spiro atoms. The predicted octanol–water partition coefficient (Wildman–Crippen LogP) is 1.51. The first-order valence-corrected chi connectivity index (χ1v) is 6.24. The van der Waals surface area contributed by atoms with E-state index in [0.717, 1.165) is 11.4 Å². The molecule has 1 aromatic rings. The van der Waals surface area contributed by atoms with Crippen molar-refractivity contribution in [3.8, 4) is 0 Å². The van der Waals surface area contributed by atoms with Gasteiger partial charge in [-0.05, 0) is 25.0 Å². The van der Waals surface area contributed by atoms with Gasteiger partial charge in [-0.3, -0.25) is 4.99 Å². The molecule has 5 N–H and O–H groups in total. The molecule has 17 heavy (non-hydrogen) atoms. The van der Waals surface area contributed by atoms with Crippen molar-refractivity contribution in [1.82, 2.24) is 5.32 Å². The van der Waals surface area contributed by atoms with Crippen molar-refractivity contribution in [2.75, 3.05) is 11.5 Å². The Hall–Kier alpha value is -1.71. The number of fused-ring (bicyclic) bond motifs is 1. The van der Waals surface area contributed by atoms with E-state index in [0.29, 0.717) is 23.5 Å². The second kappa shape index (κ2) is 3.95. The van der Waals surface area contributed by atoms with E-state index in [1.165, 1.54) is 25.7 Å². The Kier molecular flexibility index (Phi) is 2.42. The summed E-state index contributed by atoms with van der Waals surface area (Å²) in [5.74, 6) is 0.923. The summed E-state index contributed by atoms with van der Waals surface area (Å²) in [4.78, 5) is 4.75. The van der Waals surface area contributed by atoms with Crippen LogP contribution in [0.3, 0.4) is 0 Å². The van der Waals surface area contributed by atoms with Gasteiger partial charge in [0.15, 0.2) is 0 Å². The summed E-state index contributed by atoms with van der Waals surface area (Å²) < 4.78 is 0. The Morgan fingerprint density at radius 3 is 2.82 bits per heavy atom. The van der Waals surface area contributed by atoms with Gasteiger partial charge < -0.3 is 16.8 Å². The highest BCUT2D eigenvalue weighted by Gasteiger charge is 2.31. The van der Waals surface area contributed by atoms with Gasteiger partial charge in [-0.1, -0.05) is 18.9 Å². The highest BCUT2D eigenvalue weighted by Crippen LogP contribution is 2.28. The lowest BCUT2D eigenvalue weighted by atomic mass is 9.92. The Labute approximate surface area is 101 Å². The molecule has 4 heteroatoms. The molecule has 90 valence electrons. The number of anilines is 2. The smallest absolute Gasteiger partial charge is 0.131 e. The van der Waals surface area contributed by atoms with Crippen molar-refractivity contribution < 1.29 is 0 Å². The molecule has 3 rings (SSSR count). The van der Waals surface area contributed by atoms with Crippen LogP contribution in [-0.2, 0) is 0 Å². The van der Waals surface area contributed by atoms with Crippen LogP contribution in [0, 0.1) is 0 Å². The average molecular weight is 230 g/mol. The van der Waals surface area contributed by atoms with Crippen LogP contribution in [0.5, 0.6) is 0 Å². The van der Waals surface area contributed by atoms with E-state index in [1.807, 2.05) is 18.2 Å². The number of nitrogens with one attached hydrogen (secondary N) is 1. The molecule has 2 atom stereocenters. The Bertz CT molecular complexity index is 466. The largest absolute Gasteiger partial charge is 0.397 e. The highest BCUT2D eigenvalue weighted by molar-refractivity contribution is 6.06. The van der Waals surface area contributed by atoms with Crippen LogP contribution in [0.1, 0.15) is 31.2 Å². The van der Waals surface area contributed by atoms with Crippen LogP contribution in [0.4, 0.5) is 11.4 Å². The Balaban J connectivity index is 1.92. The molecule has 1 aliphatic heterocycles. The third-order valence-corrected chi connectivity index (χ3v) is 3.74. The zero-order valence-corrected chi connectivity index (χ0v) is 9.82. The maximum absolute atomic E-state index is 6.01. The fraction of sp³-hybridized carbons (Fsp3) is 0.462. The van der Waals surface area contributed by atoms with Gasteiger partial charge in [0, 0.05) is 11.6 Å². The molecule has 1 aromatic carbocycles. The van der Waals surface area contributed by atoms with Crippen molar-refractivity contribution in [1.29, 1.82) is 0 Å². The van der Waals surface area contributed by atoms with Gasteiger partial charge in [-0.2, -0.15) is 0 Å². The van der Waals surface area contributed by atoms with Crippen LogP contribution >= 0.6 is 0 Å². The standard InChI is InChI=1S/C13H18N4/c14-9-5-3-4-8(12(9)15)13-16-10-6-1-2-7-11(10)17-13/h3-5,10-11H,1-2,6-7,14-15H2,(H,16,17)/t10-,11-/m1/s1. The van der Waals surface area contributed by atoms with Crippen LogP contribution in [-0.4, -0.2) is 17.9 Å². The van der Waals surface area contributed by atoms with Gasteiger partial charge in [0.1, 0.15) is 5.84 Å². The number of benzene rings is 1. The minimum Gasteiger partial charge on any atom is -0.397 e. The van der Waals surface area contributed by atoms with Crippen LogP contribution in [0.15, 0.2) is 23.2 Å². The summed E-state index contributed by atoms with van der Waals surface area (Å²) in [6, 6.07) is 6.66. The molecule has 0 bridgehead atoms. The molecule has 0 unspecified atom stereocenters. The van der Waals surface area contributed by atoms with Gasteiger partial charge in [-0.15, -0.1) is 0 Å². The number of nitrogen functional groups attached to an aromatic ring is 2. The normalized spacial score (nSPS) is 27.2. The maximum atomic E-state index is 6.01. The second-order valence-electron chi connectivity index (χ2n) is 4.89. The highest BCUT2D eigenvalue weighted by atomic mass is 15.1. The van der Waals surface area contributed by atoms with Crippen LogP contribution < -0.4 is 16.8 Å². The van der Waals surface area contributed by atoms with Gasteiger partial charge in [-0.25, -0.2) is 0 Å². The Morgan fingerprint density at radius 2 is 2.00 bits per heavy atom. The third kappa shape index (κ3) is 1.73. The molecule has 1 aliphatic carbocycles. The monoisotopic (exact) mass is 230 g/mol. The van der Waals surface area contributed by atoms with E-state index in [-0.39, 0.29) is 0 Å². The molecule has 4 nitrogen and oxygen atoms in total. The lowest BCUT2D eigenvalue weighted by Crippen LogP contribution is -2.37. The summed E-state index contributed by atoms with van der Waals surface area (Å²) >= 11 is 0. The van der Waals surface area contributed by atoms with Crippen LogP contribution in [0.2, 0.25) is 0 Å². The molecular weight excluding hydrogens is 212 g/mol. The van der Waals surface area contributed by atoms with Gasteiger partial charge in [0.05, 0.1) is 17.4 Å². The number of hydrogen-bond donors (Lipinski definition) is 3. The van der Waals surface area contributed by atoms with Gasteiger partial charge in [0.25, 0.3) is 0 Å². The fourth-order valence-corrected chi connectivity index (χ4v) is 2.75. The Morgan fingerprint density at radius 1 is 1.18 bits per heavy atom. The van der Waals surface area contributed by atoms with E-state index in [9.17, 15) is 0 Å². The topological polar surface area (TPSA) is 76.4 Å². The van der Waals surface area contributed by atoms with Gasteiger partial charge >= 0.3 is 0 Å². The molecule has 0 radical (unpaired) electrons. The minimum atomic E-state index is 0.430. The van der Waals surface area contributed by atoms with Crippen molar-refractivity contribution in [3.63, 3.8) is 0 Å². The summed E-state index contributed by atoms with van der Waals surface area (Å²) in [5.41, 5.74) is 14.0. The van der Waals surface area contributed by atoms with E-state index in [1.54, 1.807) is 0 Å². The number of rotatable bonds is 1. The molecule has 2 aliphatic rings. The first-order valence-electron chi connectivity index (χ1n) is 6.24. The number of para-hydroxylation sites is 1. The fourth-order valence-electron chi connectivity index (χ4n) is 2.75. The number of nitrogens with zero attached hydrogens (tertiary/aromatic N) is 1. The van der Waals surface area contributed by atoms with E-state index >= 15 is 0 Å². The van der Waals surface area contributed by atoms with Crippen LogP contribution in [0.25, 0.3) is 0 Å². The predicted molar refractivity (Wildman–Crippen MR) is 71.0 cm³/mol. The average Bonchev–Trinajstić information content (AvgIpc) is 2.76. The number of aliphatic imine (C=N–C) groups is 1. The van der Waals surface area contributed by atoms with E-state index in [2.05, 4.69) is 5.32 Å². The summed E-state index contributed by atoms with van der Waals surface area (Å²) in [6.07, 6.45) is 4.97. The number of nitrogens with two attached hydrogens (primary N) is 2. The minimum absolute atomic E-state index is 0.430. The van der Waals surface area contributed by atoms with Crippen molar-refractivity contribution >= 4 is 17.2 Å². The summed E-state index contributed by atoms with van der Waals surface area (Å²) in [6.45, 7) is 0. The van der Waals surface area contributed by atoms with E-state index < -0.39 is 0 Å². The van der Waals surface area contributed by atoms with Crippen molar-refractivity contribution in [2.24, 2.45) is 4.99 Å². The van der Waals surface area contributed by atoms with E-state index in [4.69, 9.17) is 16.5 Å². The number of amidine groups is 1. The maximum Gasteiger partial charge on any atom is 0.131 e. The van der Waals surface area contributed by atoms with Crippen molar-refractivity contribution in [3.05, 3.63) is 23.8 Å². The molecule has 0 aromatic heterocycles. The first kappa shape index (κ1) is 10.4. The molecule has 1 heterocycles. The molecule has 0 amide bonds. The quantitative estimate of drug-likeness (QED) is 0.640. The lowest BCUT2D eigenvalue weighted by molar-refractivity contribution is 0.385. The summed E-state index contributed by atoms with van der Waals surface area (Å²) in [7, 11) is 0. The number of hydrogen-bond acceptors (Lipinski definition) is 4. The lowest BCUT2D eigenvalue weighted by Gasteiger charge is -2.23. The third-order valence-electron chi connectivity index (χ3n) is 3.74. The zero-order chi connectivity index (χ0) is 11.8. The summed E-state index contributed by atoms with van der Waals surface area (Å²) in [5, 5.41) is 3.49. The van der Waals surface area contributed by atoms with Crippen molar-refractivity contribution in [2.45, 2.75) is 37.8 Å². The molecule has 1 saturated carbocycles. The second-order valence-corrected chi connectivity index (χ2v) is 4.89. The molecule has 0 saturated heterocycles. The molecule has 1 fully saturated rings. The first-order chi connectivity index (χ1) is 8.25. The molecular formula is C13H18N4. The SMILES string of the molecule is Nc1cccc(C2=N[C@@H]3CCCC[C@H]3N2)c1N. The zero-order valence-electron chi connectivity index (χ0n) is 9.82.